The SMILES string of the molecule is CC(C)n1ncnc1CC1CC(C)(C)CCC1N. The van der Waals surface area contributed by atoms with Crippen molar-refractivity contribution in [2.24, 2.45) is 17.1 Å². The first-order valence-electron chi connectivity index (χ1n) is 7.03. The summed E-state index contributed by atoms with van der Waals surface area (Å²) >= 11 is 0. The summed E-state index contributed by atoms with van der Waals surface area (Å²) in [4.78, 5) is 4.41. The Bertz CT molecular complexity index is 394. The van der Waals surface area contributed by atoms with E-state index in [1.54, 1.807) is 6.33 Å². The molecule has 2 unspecified atom stereocenters. The van der Waals surface area contributed by atoms with Gasteiger partial charge in [-0.05, 0) is 44.4 Å². The van der Waals surface area contributed by atoms with E-state index < -0.39 is 0 Å². The fourth-order valence-corrected chi connectivity index (χ4v) is 3.07. The number of nitrogens with zero attached hydrogens (tertiary/aromatic N) is 3. The van der Waals surface area contributed by atoms with Gasteiger partial charge in [0.05, 0.1) is 0 Å². The highest BCUT2D eigenvalue weighted by molar-refractivity contribution is 4.95. The highest BCUT2D eigenvalue weighted by atomic mass is 15.3. The molecule has 0 aliphatic heterocycles. The predicted octanol–water partition coefficient (Wildman–Crippen LogP) is 2.56. The van der Waals surface area contributed by atoms with E-state index in [-0.39, 0.29) is 0 Å². The van der Waals surface area contributed by atoms with E-state index in [4.69, 9.17) is 5.73 Å². The van der Waals surface area contributed by atoms with Crippen LogP contribution in [0.25, 0.3) is 0 Å². The smallest absolute Gasteiger partial charge is 0.138 e. The molecule has 1 aromatic rings. The molecule has 1 aliphatic carbocycles. The first-order chi connectivity index (χ1) is 8.39. The van der Waals surface area contributed by atoms with Gasteiger partial charge in [-0.2, -0.15) is 5.10 Å². The molecule has 0 bridgehead atoms. The maximum atomic E-state index is 6.29. The third-order valence-electron chi connectivity index (χ3n) is 4.16. The quantitative estimate of drug-likeness (QED) is 0.897. The summed E-state index contributed by atoms with van der Waals surface area (Å²) in [6.45, 7) is 8.98. The normalized spacial score (nSPS) is 27.7. The van der Waals surface area contributed by atoms with Crippen molar-refractivity contribution in [1.82, 2.24) is 14.8 Å². The number of nitrogens with two attached hydrogens (primary N) is 1. The second-order valence-corrected chi connectivity index (χ2v) is 6.75. The molecule has 18 heavy (non-hydrogen) atoms. The molecule has 4 nitrogen and oxygen atoms in total. The Morgan fingerprint density at radius 1 is 1.50 bits per heavy atom. The van der Waals surface area contributed by atoms with Gasteiger partial charge in [0.15, 0.2) is 0 Å². The van der Waals surface area contributed by atoms with Gasteiger partial charge >= 0.3 is 0 Å². The van der Waals surface area contributed by atoms with Gasteiger partial charge in [0, 0.05) is 18.5 Å². The predicted molar refractivity (Wildman–Crippen MR) is 73.2 cm³/mol. The van der Waals surface area contributed by atoms with Crippen molar-refractivity contribution >= 4 is 0 Å². The standard InChI is InChI=1S/C14H26N4/c1-10(2)18-13(16-9-17-18)7-11-8-14(3,4)6-5-12(11)15/h9-12H,5-8,15H2,1-4H3. The molecule has 0 radical (unpaired) electrons. The lowest BCUT2D eigenvalue weighted by Crippen LogP contribution is -2.40. The van der Waals surface area contributed by atoms with Crippen molar-refractivity contribution in [2.75, 3.05) is 0 Å². The van der Waals surface area contributed by atoms with Crippen molar-refractivity contribution in [3.05, 3.63) is 12.2 Å². The molecule has 2 rings (SSSR count). The van der Waals surface area contributed by atoms with Crippen LogP contribution >= 0.6 is 0 Å². The largest absolute Gasteiger partial charge is 0.327 e. The maximum Gasteiger partial charge on any atom is 0.138 e. The van der Waals surface area contributed by atoms with Crippen LogP contribution in [-0.4, -0.2) is 20.8 Å². The Kier molecular flexibility index (Phi) is 3.76. The van der Waals surface area contributed by atoms with Crippen LogP contribution in [-0.2, 0) is 6.42 Å². The van der Waals surface area contributed by atoms with Crippen molar-refractivity contribution in [3.63, 3.8) is 0 Å². The molecule has 1 fully saturated rings. The van der Waals surface area contributed by atoms with Crippen LogP contribution in [0.15, 0.2) is 6.33 Å². The van der Waals surface area contributed by atoms with Gasteiger partial charge in [0.2, 0.25) is 0 Å². The molecule has 0 spiro atoms. The molecule has 0 saturated heterocycles. The molecule has 0 amide bonds. The van der Waals surface area contributed by atoms with Crippen molar-refractivity contribution < 1.29 is 0 Å². The number of hydrogen-bond acceptors (Lipinski definition) is 3. The summed E-state index contributed by atoms with van der Waals surface area (Å²) in [5, 5.41) is 4.31. The summed E-state index contributed by atoms with van der Waals surface area (Å²) < 4.78 is 2.02. The van der Waals surface area contributed by atoms with E-state index in [2.05, 4.69) is 37.8 Å². The fraction of sp³-hybridized carbons (Fsp3) is 0.857. The van der Waals surface area contributed by atoms with Gasteiger partial charge in [-0.1, -0.05) is 13.8 Å². The average molecular weight is 250 g/mol. The number of aromatic nitrogens is 3. The Morgan fingerprint density at radius 3 is 2.89 bits per heavy atom. The first-order valence-corrected chi connectivity index (χ1v) is 7.03. The zero-order chi connectivity index (χ0) is 13.3. The van der Waals surface area contributed by atoms with Crippen LogP contribution in [0.3, 0.4) is 0 Å². The van der Waals surface area contributed by atoms with Crippen LogP contribution in [0.5, 0.6) is 0 Å². The molecule has 1 aromatic heterocycles. The molecule has 2 N–H and O–H groups in total. The lowest BCUT2D eigenvalue weighted by Gasteiger charge is -2.39. The summed E-state index contributed by atoms with van der Waals surface area (Å²) in [5.41, 5.74) is 6.71. The lowest BCUT2D eigenvalue weighted by atomic mass is 9.69. The molecule has 102 valence electrons. The Hall–Kier alpha value is -0.900. The minimum absolute atomic E-state index is 0.315. The summed E-state index contributed by atoms with van der Waals surface area (Å²) in [5.74, 6) is 1.62. The zero-order valence-electron chi connectivity index (χ0n) is 12.1. The molecule has 1 heterocycles. The lowest BCUT2D eigenvalue weighted by molar-refractivity contribution is 0.154. The Morgan fingerprint density at radius 2 is 2.22 bits per heavy atom. The zero-order valence-corrected chi connectivity index (χ0v) is 12.1. The second-order valence-electron chi connectivity index (χ2n) is 6.75. The van der Waals surface area contributed by atoms with E-state index in [9.17, 15) is 0 Å². The second kappa shape index (κ2) is 5.00. The van der Waals surface area contributed by atoms with Gasteiger partial charge in [-0.25, -0.2) is 9.67 Å². The molecule has 4 heteroatoms. The average Bonchev–Trinajstić information content (AvgIpc) is 2.71. The van der Waals surface area contributed by atoms with Crippen LogP contribution in [0.4, 0.5) is 0 Å². The van der Waals surface area contributed by atoms with Gasteiger partial charge < -0.3 is 5.73 Å². The van der Waals surface area contributed by atoms with Crippen LogP contribution in [0, 0.1) is 11.3 Å². The maximum absolute atomic E-state index is 6.29. The third-order valence-corrected chi connectivity index (χ3v) is 4.16. The molecule has 2 atom stereocenters. The van der Waals surface area contributed by atoms with E-state index in [0.29, 0.717) is 23.4 Å². The molecule has 1 aliphatic rings. The topological polar surface area (TPSA) is 56.7 Å². The molecule has 0 aromatic carbocycles. The first kappa shape index (κ1) is 13.5. The van der Waals surface area contributed by atoms with Gasteiger partial charge in [0.25, 0.3) is 0 Å². The van der Waals surface area contributed by atoms with Crippen LogP contribution in [0.2, 0.25) is 0 Å². The molecular formula is C14H26N4. The number of hydrogen-bond donors (Lipinski definition) is 1. The van der Waals surface area contributed by atoms with Crippen molar-refractivity contribution in [1.29, 1.82) is 0 Å². The summed E-state index contributed by atoms with van der Waals surface area (Å²) in [7, 11) is 0. The van der Waals surface area contributed by atoms with Gasteiger partial charge in [0.1, 0.15) is 12.2 Å². The van der Waals surface area contributed by atoms with Gasteiger partial charge in [-0.3, -0.25) is 0 Å². The molecule has 1 saturated carbocycles. The van der Waals surface area contributed by atoms with Crippen LogP contribution < -0.4 is 5.73 Å². The fourth-order valence-electron chi connectivity index (χ4n) is 3.07. The van der Waals surface area contributed by atoms with E-state index >= 15 is 0 Å². The Labute approximate surface area is 110 Å². The monoisotopic (exact) mass is 250 g/mol. The number of rotatable bonds is 3. The van der Waals surface area contributed by atoms with Crippen LogP contribution in [0.1, 0.15) is 58.8 Å². The van der Waals surface area contributed by atoms with E-state index in [1.807, 2.05) is 4.68 Å². The summed E-state index contributed by atoms with van der Waals surface area (Å²) in [6, 6.07) is 0.686. The minimum atomic E-state index is 0.315. The summed E-state index contributed by atoms with van der Waals surface area (Å²) in [6.07, 6.45) is 6.19. The minimum Gasteiger partial charge on any atom is -0.327 e. The van der Waals surface area contributed by atoms with E-state index in [1.165, 1.54) is 12.8 Å². The van der Waals surface area contributed by atoms with Crippen molar-refractivity contribution in [3.8, 4) is 0 Å². The Balaban J connectivity index is 2.10. The van der Waals surface area contributed by atoms with Crippen molar-refractivity contribution in [2.45, 2.75) is 65.5 Å². The van der Waals surface area contributed by atoms with E-state index in [0.717, 1.165) is 18.7 Å². The molecular weight excluding hydrogens is 224 g/mol. The highest BCUT2D eigenvalue weighted by Crippen LogP contribution is 2.39. The third kappa shape index (κ3) is 2.91. The van der Waals surface area contributed by atoms with Gasteiger partial charge in [-0.15, -0.1) is 0 Å². The highest BCUT2D eigenvalue weighted by Gasteiger charge is 2.33.